The fourth-order valence-electron chi connectivity index (χ4n) is 2.71. The Morgan fingerprint density at radius 3 is 2.96 bits per heavy atom. The molecule has 0 aromatic carbocycles. The van der Waals surface area contributed by atoms with Gasteiger partial charge in [0.05, 0.1) is 5.92 Å². The summed E-state index contributed by atoms with van der Waals surface area (Å²) in [5.41, 5.74) is 0.879. The van der Waals surface area contributed by atoms with Gasteiger partial charge in [-0.05, 0) is 30.7 Å². The van der Waals surface area contributed by atoms with Gasteiger partial charge in [0, 0.05) is 29.8 Å². The molecule has 0 saturated heterocycles. The standard InChI is InChI=1S/C15H17N3O4S/c19-12(16-11-2-1-9(7-11)15(20)21)3-4-13-17-18-14(22-13)10-5-6-23-8-10/h5-6,8-9,11H,1-4,7H2,(H,16,19)(H,20,21)/t9-,11+/m1/s1. The van der Waals surface area contributed by atoms with Crippen molar-refractivity contribution in [3.05, 3.63) is 22.7 Å². The third-order valence-corrected chi connectivity index (χ3v) is 4.63. The number of aromatic nitrogens is 2. The van der Waals surface area contributed by atoms with Crippen LogP contribution < -0.4 is 5.32 Å². The highest BCUT2D eigenvalue weighted by atomic mass is 32.1. The van der Waals surface area contributed by atoms with Crippen LogP contribution in [0.4, 0.5) is 0 Å². The fourth-order valence-corrected chi connectivity index (χ4v) is 3.34. The van der Waals surface area contributed by atoms with E-state index in [0.717, 1.165) is 5.56 Å². The molecule has 23 heavy (non-hydrogen) atoms. The van der Waals surface area contributed by atoms with Gasteiger partial charge in [0.15, 0.2) is 0 Å². The zero-order chi connectivity index (χ0) is 16.2. The van der Waals surface area contributed by atoms with E-state index in [-0.39, 0.29) is 24.3 Å². The van der Waals surface area contributed by atoms with Gasteiger partial charge in [-0.2, -0.15) is 11.3 Å². The summed E-state index contributed by atoms with van der Waals surface area (Å²) in [5, 5.41) is 23.6. The Labute approximate surface area is 136 Å². The summed E-state index contributed by atoms with van der Waals surface area (Å²) < 4.78 is 5.52. The number of carbonyl (C=O) groups excluding carboxylic acids is 1. The lowest BCUT2D eigenvalue weighted by atomic mass is 10.1. The monoisotopic (exact) mass is 335 g/mol. The van der Waals surface area contributed by atoms with Crippen molar-refractivity contribution in [2.24, 2.45) is 5.92 Å². The normalized spacial score (nSPS) is 20.5. The lowest BCUT2D eigenvalue weighted by molar-refractivity contribution is -0.141. The van der Waals surface area contributed by atoms with E-state index in [2.05, 4.69) is 15.5 Å². The molecule has 8 heteroatoms. The summed E-state index contributed by atoms with van der Waals surface area (Å²) in [5.74, 6) is -0.354. The SMILES string of the molecule is O=C(CCc1nnc(-c2ccsc2)o1)N[C@H]1CC[C@@H](C(=O)O)C1. The molecule has 0 aliphatic heterocycles. The van der Waals surface area contributed by atoms with E-state index < -0.39 is 5.97 Å². The van der Waals surface area contributed by atoms with Crippen LogP contribution in [0.2, 0.25) is 0 Å². The average molecular weight is 335 g/mol. The van der Waals surface area contributed by atoms with E-state index in [1.165, 1.54) is 0 Å². The second-order valence-electron chi connectivity index (χ2n) is 5.63. The second kappa shape index (κ2) is 6.91. The van der Waals surface area contributed by atoms with Crippen LogP contribution in [0.1, 0.15) is 31.6 Å². The van der Waals surface area contributed by atoms with E-state index in [4.69, 9.17) is 9.52 Å². The summed E-state index contributed by atoms with van der Waals surface area (Å²) >= 11 is 1.55. The Hall–Kier alpha value is -2.22. The molecule has 1 amide bonds. The van der Waals surface area contributed by atoms with Gasteiger partial charge >= 0.3 is 5.97 Å². The van der Waals surface area contributed by atoms with Gasteiger partial charge in [-0.3, -0.25) is 9.59 Å². The van der Waals surface area contributed by atoms with Crippen molar-refractivity contribution in [3.8, 4) is 11.5 Å². The number of carbonyl (C=O) groups is 2. The second-order valence-corrected chi connectivity index (χ2v) is 6.41. The minimum absolute atomic E-state index is 0.0485. The molecule has 2 N–H and O–H groups in total. The van der Waals surface area contributed by atoms with Gasteiger partial charge in [-0.15, -0.1) is 10.2 Å². The molecule has 1 aliphatic carbocycles. The van der Waals surface area contributed by atoms with E-state index in [0.29, 0.717) is 37.5 Å². The Kier molecular flexibility index (Phi) is 4.71. The van der Waals surface area contributed by atoms with Crippen molar-refractivity contribution < 1.29 is 19.1 Å². The highest BCUT2D eigenvalue weighted by Crippen LogP contribution is 2.25. The van der Waals surface area contributed by atoms with Crippen LogP contribution in [0.5, 0.6) is 0 Å². The Morgan fingerprint density at radius 1 is 1.39 bits per heavy atom. The van der Waals surface area contributed by atoms with Crippen LogP contribution in [-0.2, 0) is 16.0 Å². The molecule has 2 atom stereocenters. The van der Waals surface area contributed by atoms with Crippen LogP contribution >= 0.6 is 11.3 Å². The van der Waals surface area contributed by atoms with Gasteiger partial charge in [0.1, 0.15) is 0 Å². The van der Waals surface area contributed by atoms with Gasteiger partial charge in [-0.25, -0.2) is 0 Å². The number of carboxylic acid groups (broad SMARTS) is 1. The third kappa shape index (κ3) is 3.95. The van der Waals surface area contributed by atoms with Crippen molar-refractivity contribution in [2.75, 3.05) is 0 Å². The van der Waals surface area contributed by atoms with Crippen LogP contribution in [0.3, 0.4) is 0 Å². The number of hydrogen-bond donors (Lipinski definition) is 2. The number of nitrogens with zero attached hydrogens (tertiary/aromatic N) is 2. The lowest BCUT2D eigenvalue weighted by Crippen LogP contribution is -2.33. The van der Waals surface area contributed by atoms with Gasteiger partial charge in [0.2, 0.25) is 17.7 Å². The van der Waals surface area contributed by atoms with Gasteiger partial charge in [-0.1, -0.05) is 0 Å². The van der Waals surface area contributed by atoms with Crippen LogP contribution in [0, 0.1) is 5.92 Å². The Balaban J connectivity index is 1.45. The molecule has 0 radical (unpaired) electrons. The number of aliphatic carboxylic acids is 1. The highest BCUT2D eigenvalue weighted by molar-refractivity contribution is 7.08. The quantitative estimate of drug-likeness (QED) is 0.837. The topological polar surface area (TPSA) is 105 Å². The van der Waals surface area contributed by atoms with Gasteiger partial charge < -0.3 is 14.8 Å². The van der Waals surface area contributed by atoms with Crippen LogP contribution in [-0.4, -0.2) is 33.2 Å². The van der Waals surface area contributed by atoms with Crippen molar-refractivity contribution >= 4 is 23.2 Å². The van der Waals surface area contributed by atoms with Crippen molar-refractivity contribution in [2.45, 2.75) is 38.1 Å². The van der Waals surface area contributed by atoms with E-state index in [1.807, 2.05) is 16.8 Å². The highest BCUT2D eigenvalue weighted by Gasteiger charge is 2.30. The zero-order valence-electron chi connectivity index (χ0n) is 12.4. The zero-order valence-corrected chi connectivity index (χ0v) is 13.2. The first kappa shape index (κ1) is 15.7. The fraction of sp³-hybridized carbons (Fsp3) is 0.467. The predicted octanol–water partition coefficient (Wildman–Crippen LogP) is 2.10. The summed E-state index contributed by atoms with van der Waals surface area (Å²) in [6.45, 7) is 0. The maximum atomic E-state index is 11.9. The largest absolute Gasteiger partial charge is 0.481 e. The number of amides is 1. The molecule has 7 nitrogen and oxygen atoms in total. The average Bonchev–Trinajstić information content (AvgIpc) is 3.25. The lowest BCUT2D eigenvalue weighted by Gasteiger charge is -2.11. The molecule has 0 bridgehead atoms. The molecule has 1 saturated carbocycles. The summed E-state index contributed by atoms with van der Waals surface area (Å²) in [6.07, 6.45) is 2.46. The molecule has 2 aromatic rings. The third-order valence-electron chi connectivity index (χ3n) is 3.95. The Morgan fingerprint density at radius 2 is 2.26 bits per heavy atom. The van der Waals surface area contributed by atoms with Crippen molar-refractivity contribution in [3.63, 3.8) is 0 Å². The number of aryl methyl sites for hydroxylation is 1. The molecule has 1 fully saturated rings. The summed E-state index contributed by atoms with van der Waals surface area (Å²) in [6, 6.07) is 1.85. The molecule has 3 rings (SSSR count). The smallest absolute Gasteiger partial charge is 0.306 e. The van der Waals surface area contributed by atoms with E-state index in [1.54, 1.807) is 11.3 Å². The summed E-state index contributed by atoms with van der Waals surface area (Å²) in [7, 11) is 0. The van der Waals surface area contributed by atoms with Crippen molar-refractivity contribution in [1.82, 2.24) is 15.5 Å². The first-order valence-corrected chi connectivity index (χ1v) is 8.43. The molecule has 0 unspecified atom stereocenters. The Bertz CT molecular complexity index is 683. The minimum atomic E-state index is -0.784. The van der Waals surface area contributed by atoms with Crippen LogP contribution in [0.15, 0.2) is 21.2 Å². The number of thiophene rings is 1. The molecule has 2 heterocycles. The number of rotatable bonds is 6. The predicted molar refractivity (Wildman–Crippen MR) is 82.8 cm³/mol. The van der Waals surface area contributed by atoms with Crippen LogP contribution in [0.25, 0.3) is 11.5 Å². The first-order valence-electron chi connectivity index (χ1n) is 7.49. The first-order chi connectivity index (χ1) is 11.1. The molecule has 0 spiro atoms. The maximum absolute atomic E-state index is 11.9. The summed E-state index contributed by atoms with van der Waals surface area (Å²) in [4.78, 5) is 22.8. The number of carboxylic acids is 1. The number of nitrogens with one attached hydrogen (secondary N) is 1. The van der Waals surface area contributed by atoms with Crippen molar-refractivity contribution in [1.29, 1.82) is 0 Å². The molecule has 2 aromatic heterocycles. The molecular weight excluding hydrogens is 318 g/mol. The minimum Gasteiger partial charge on any atom is -0.481 e. The van der Waals surface area contributed by atoms with Gasteiger partial charge in [0.25, 0.3) is 0 Å². The number of hydrogen-bond acceptors (Lipinski definition) is 6. The molecular formula is C15H17N3O4S. The molecule has 122 valence electrons. The molecule has 1 aliphatic rings. The van der Waals surface area contributed by atoms with E-state index in [9.17, 15) is 9.59 Å². The maximum Gasteiger partial charge on any atom is 0.306 e. The van der Waals surface area contributed by atoms with E-state index >= 15 is 0 Å².